The minimum absolute atomic E-state index is 0.0915. The molecule has 1 aliphatic heterocycles. The van der Waals surface area contributed by atoms with Crippen molar-refractivity contribution in [2.45, 2.75) is 44.8 Å². The largest absolute Gasteiger partial charge is 0.469 e. The van der Waals surface area contributed by atoms with Crippen molar-refractivity contribution >= 4 is 11.9 Å². The van der Waals surface area contributed by atoms with E-state index in [-0.39, 0.29) is 18.6 Å². The van der Waals surface area contributed by atoms with E-state index in [0.717, 1.165) is 0 Å². The van der Waals surface area contributed by atoms with Gasteiger partial charge in [-0.15, -0.1) is 0 Å². The van der Waals surface area contributed by atoms with Gasteiger partial charge in [-0.1, -0.05) is 0 Å². The van der Waals surface area contributed by atoms with Gasteiger partial charge in [0.1, 0.15) is 0 Å². The molecule has 0 aliphatic carbocycles. The molecule has 5 nitrogen and oxygen atoms in total. The fourth-order valence-electron chi connectivity index (χ4n) is 2.06. The maximum atomic E-state index is 11.7. The van der Waals surface area contributed by atoms with Gasteiger partial charge in [-0.2, -0.15) is 0 Å². The molecule has 0 saturated carbocycles. The quantitative estimate of drug-likeness (QED) is 0.675. The van der Waals surface area contributed by atoms with Crippen molar-refractivity contribution in [3.05, 3.63) is 0 Å². The van der Waals surface area contributed by atoms with Crippen molar-refractivity contribution < 1.29 is 23.8 Å². The number of carbonyl (C=O) groups is 2. The van der Waals surface area contributed by atoms with Crippen LogP contribution in [-0.4, -0.2) is 36.9 Å². The van der Waals surface area contributed by atoms with Crippen LogP contribution in [0.5, 0.6) is 0 Å². The molecule has 16 heavy (non-hydrogen) atoms. The van der Waals surface area contributed by atoms with Gasteiger partial charge in [0.25, 0.3) is 0 Å². The van der Waals surface area contributed by atoms with Gasteiger partial charge in [0.2, 0.25) is 0 Å². The van der Waals surface area contributed by atoms with Gasteiger partial charge in [0, 0.05) is 6.42 Å². The molecular weight excluding hydrogens is 212 g/mol. The highest BCUT2D eigenvalue weighted by Gasteiger charge is 2.58. The highest BCUT2D eigenvalue weighted by Crippen LogP contribution is 2.44. The molecule has 1 atom stereocenters. The molecule has 0 radical (unpaired) electrons. The Bertz CT molecular complexity index is 287. The molecule has 0 aromatic carbocycles. The predicted octanol–water partition coefficient (Wildman–Crippen LogP) is 1.05. The van der Waals surface area contributed by atoms with Crippen molar-refractivity contribution in [3.8, 4) is 0 Å². The van der Waals surface area contributed by atoms with Crippen LogP contribution >= 0.6 is 0 Å². The number of hydrogen-bond acceptors (Lipinski definition) is 5. The lowest BCUT2D eigenvalue weighted by Gasteiger charge is -2.50. The molecule has 0 amide bonds. The lowest BCUT2D eigenvalue weighted by molar-refractivity contribution is -0.263. The highest BCUT2D eigenvalue weighted by molar-refractivity contribution is 5.87. The molecule has 1 unspecified atom stereocenters. The van der Waals surface area contributed by atoms with Crippen LogP contribution in [0.1, 0.15) is 33.6 Å². The smallest absolute Gasteiger partial charge is 0.339 e. The first-order valence-electron chi connectivity index (χ1n) is 5.29. The molecule has 1 saturated heterocycles. The number of esters is 2. The van der Waals surface area contributed by atoms with Crippen molar-refractivity contribution in [1.29, 1.82) is 0 Å². The summed E-state index contributed by atoms with van der Waals surface area (Å²) in [7, 11) is 1.28. The van der Waals surface area contributed by atoms with Crippen LogP contribution in [0.2, 0.25) is 0 Å². The summed E-state index contributed by atoms with van der Waals surface area (Å²) in [6, 6.07) is 0. The molecule has 92 valence electrons. The Hall–Kier alpha value is -1.10. The third-order valence-electron chi connectivity index (χ3n) is 2.49. The van der Waals surface area contributed by atoms with E-state index in [9.17, 15) is 9.59 Å². The first-order chi connectivity index (χ1) is 7.35. The van der Waals surface area contributed by atoms with E-state index in [1.54, 1.807) is 6.92 Å². The van der Waals surface area contributed by atoms with Gasteiger partial charge in [-0.05, 0) is 20.8 Å². The van der Waals surface area contributed by atoms with Crippen LogP contribution in [-0.2, 0) is 23.8 Å². The van der Waals surface area contributed by atoms with Gasteiger partial charge in [-0.25, -0.2) is 4.79 Å². The van der Waals surface area contributed by atoms with Crippen molar-refractivity contribution in [3.63, 3.8) is 0 Å². The molecule has 0 aromatic heterocycles. The molecule has 0 bridgehead atoms. The summed E-state index contributed by atoms with van der Waals surface area (Å²) in [4.78, 5) is 23.0. The predicted molar refractivity (Wildman–Crippen MR) is 55.8 cm³/mol. The zero-order chi connectivity index (χ0) is 12.4. The fraction of sp³-hybridized carbons (Fsp3) is 0.818. The molecule has 1 rings (SSSR count). The topological polar surface area (TPSA) is 61.8 Å². The number of carbonyl (C=O) groups excluding carboxylic acids is 2. The molecular formula is C11H18O5. The Morgan fingerprint density at radius 2 is 1.94 bits per heavy atom. The maximum Gasteiger partial charge on any atom is 0.339 e. The second-order valence-electron chi connectivity index (χ2n) is 4.51. The Morgan fingerprint density at radius 3 is 2.31 bits per heavy atom. The fourth-order valence-corrected chi connectivity index (χ4v) is 2.06. The Labute approximate surface area is 95.0 Å². The van der Waals surface area contributed by atoms with E-state index in [4.69, 9.17) is 9.47 Å². The number of ether oxygens (including phenoxy) is 3. The highest BCUT2D eigenvalue weighted by atomic mass is 16.6. The van der Waals surface area contributed by atoms with Crippen LogP contribution in [0.15, 0.2) is 0 Å². The number of methoxy groups -OCH3 is 1. The summed E-state index contributed by atoms with van der Waals surface area (Å²) in [5, 5.41) is 0. The first-order valence-corrected chi connectivity index (χ1v) is 5.29. The number of rotatable bonds is 4. The molecule has 0 spiro atoms. The average Bonchev–Trinajstić information content (AvgIpc) is 2.14. The summed E-state index contributed by atoms with van der Waals surface area (Å²) in [6.07, 6.45) is 0.375. The van der Waals surface area contributed by atoms with E-state index in [1.807, 2.05) is 13.8 Å². The molecule has 1 fully saturated rings. The lowest BCUT2D eigenvalue weighted by Crippen LogP contribution is -2.62. The zero-order valence-electron chi connectivity index (χ0n) is 10.2. The van der Waals surface area contributed by atoms with Gasteiger partial charge >= 0.3 is 11.9 Å². The molecule has 0 N–H and O–H groups in total. The summed E-state index contributed by atoms with van der Waals surface area (Å²) in [5.41, 5.74) is -1.53. The molecule has 1 heterocycles. The van der Waals surface area contributed by atoms with E-state index < -0.39 is 17.5 Å². The van der Waals surface area contributed by atoms with Crippen LogP contribution < -0.4 is 0 Å². The summed E-state index contributed by atoms with van der Waals surface area (Å²) < 4.78 is 15.0. The van der Waals surface area contributed by atoms with Gasteiger partial charge in [0.15, 0.2) is 5.60 Å². The van der Waals surface area contributed by atoms with Crippen LogP contribution in [0.3, 0.4) is 0 Å². The molecule has 1 aliphatic rings. The van der Waals surface area contributed by atoms with Gasteiger partial charge < -0.3 is 14.2 Å². The Kier molecular flexibility index (Phi) is 3.57. The summed E-state index contributed by atoms with van der Waals surface area (Å²) in [6.45, 7) is 5.71. The van der Waals surface area contributed by atoms with Gasteiger partial charge in [-0.3, -0.25) is 4.79 Å². The minimum Gasteiger partial charge on any atom is -0.469 e. The second kappa shape index (κ2) is 4.41. The standard InChI is InChI=1S/C11H18O5/c1-5-15-9(13)11(6-8(12)14-4)7-10(2,3)16-11/h5-7H2,1-4H3. The third kappa shape index (κ3) is 2.52. The van der Waals surface area contributed by atoms with E-state index in [1.165, 1.54) is 7.11 Å². The van der Waals surface area contributed by atoms with E-state index in [0.29, 0.717) is 6.42 Å². The van der Waals surface area contributed by atoms with Crippen LogP contribution in [0, 0.1) is 0 Å². The zero-order valence-corrected chi connectivity index (χ0v) is 10.2. The summed E-state index contributed by atoms with van der Waals surface area (Å²) in [5.74, 6) is -0.955. The van der Waals surface area contributed by atoms with E-state index >= 15 is 0 Å². The third-order valence-corrected chi connectivity index (χ3v) is 2.49. The van der Waals surface area contributed by atoms with Crippen molar-refractivity contribution in [2.24, 2.45) is 0 Å². The van der Waals surface area contributed by atoms with Crippen LogP contribution in [0.4, 0.5) is 0 Å². The molecule has 5 heteroatoms. The summed E-state index contributed by atoms with van der Waals surface area (Å²) >= 11 is 0. The number of hydrogen-bond donors (Lipinski definition) is 0. The van der Waals surface area contributed by atoms with Crippen molar-refractivity contribution in [1.82, 2.24) is 0 Å². The lowest BCUT2D eigenvalue weighted by atomic mass is 9.79. The monoisotopic (exact) mass is 230 g/mol. The Morgan fingerprint density at radius 1 is 1.38 bits per heavy atom. The molecule has 0 aromatic rings. The average molecular weight is 230 g/mol. The SMILES string of the molecule is CCOC(=O)C1(CC(=O)OC)CC(C)(C)O1. The normalized spacial score (nSPS) is 26.8. The van der Waals surface area contributed by atoms with Gasteiger partial charge in [0.05, 0.1) is 25.7 Å². The van der Waals surface area contributed by atoms with E-state index in [2.05, 4.69) is 4.74 Å². The second-order valence-corrected chi connectivity index (χ2v) is 4.51. The Balaban J connectivity index is 2.72. The first kappa shape index (κ1) is 13.0. The van der Waals surface area contributed by atoms with Crippen LogP contribution in [0.25, 0.3) is 0 Å². The van der Waals surface area contributed by atoms with Crippen molar-refractivity contribution in [2.75, 3.05) is 13.7 Å². The minimum atomic E-state index is -1.15. The maximum absolute atomic E-state index is 11.7.